The van der Waals surface area contributed by atoms with E-state index in [0.717, 1.165) is 12.6 Å². The molecule has 1 amide bonds. The zero-order valence-corrected chi connectivity index (χ0v) is 14.9. The summed E-state index contributed by atoms with van der Waals surface area (Å²) < 4.78 is 19.4. The molecule has 0 fully saturated rings. The van der Waals surface area contributed by atoms with Crippen molar-refractivity contribution in [2.45, 2.75) is 13.3 Å². The molecule has 4 N–H and O–H groups in total. The number of H-pyrrole nitrogens is 1. The number of aromatic nitrogens is 2. The zero-order valence-electron chi connectivity index (χ0n) is 14.9. The number of nitrogen functional groups attached to an aromatic ring is 1. The number of carbonyl (C=O) groups is 1. The van der Waals surface area contributed by atoms with Crippen molar-refractivity contribution < 1.29 is 13.9 Å². The molecule has 27 heavy (non-hydrogen) atoms. The molecule has 2 aromatic heterocycles. The largest absolute Gasteiger partial charge is 0.481 e. The van der Waals surface area contributed by atoms with Crippen LogP contribution in [0.2, 0.25) is 0 Å². The number of aromatic amines is 1. The Hall–Kier alpha value is -3.42. The number of hydrogen-bond donors (Lipinski definition) is 3. The predicted octanol–water partition coefficient (Wildman–Crippen LogP) is 2.46. The summed E-state index contributed by atoms with van der Waals surface area (Å²) in [4.78, 5) is 31.3. The van der Waals surface area contributed by atoms with Crippen molar-refractivity contribution in [2.75, 3.05) is 19.4 Å². The Kier molecular flexibility index (Phi) is 5.07. The number of pyridine rings is 2. The molecule has 0 bridgehead atoms. The standard InChI is InChI=1S/C19H19FN4O3/c1-3-7-22-18(25)15-16(21)11-6-4-5-10(17(11)24-19(15)26)12-8-14(27-2)23-9-13(12)20/h4-6,8-9H,3,7H2,1-2H3,(H,22,25)(H3,21,24,26). The summed E-state index contributed by atoms with van der Waals surface area (Å²) in [6.45, 7) is 2.33. The van der Waals surface area contributed by atoms with E-state index >= 15 is 0 Å². The van der Waals surface area contributed by atoms with Crippen molar-refractivity contribution in [3.05, 3.63) is 52.2 Å². The number of halogens is 1. The first kappa shape index (κ1) is 18.4. The first-order valence-corrected chi connectivity index (χ1v) is 8.40. The van der Waals surface area contributed by atoms with Gasteiger partial charge >= 0.3 is 0 Å². The maximum atomic E-state index is 14.4. The van der Waals surface area contributed by atoms with Gasteiger partial charge in [-0.3, -0.25) is 9.59 Å². The van der Waals surface area contributed by atoms with Crippen LogP contribution in [0, 0.1) is 5.82 Å². The average Bonchev–Trinajstić information content (AvgIpc) is 2.66. The third kappa shape index (κ3) is 3.33. The second-order valence-corrected chi connectivity index (χ2v) is 5.93. The average molecular weight is 370 g/mol. The van der Waals surface area contributed by atoms with Gasteiger partial charge in [0.15, 0.2) is 0 Å². The fourth-order valence-electron chi connectivity index (χ4n) is 2.86. The lowest BCUT2D eigenvalue weighted by Crippen LogP contribution is -2.31. The summed E-state index contributed by atoms with van der Waals surface area (Å²) in [6.07, 6.45) is 1.77. The number of anilines is 1. The second-order valence-electron chi connectivity index (χ2n) is 5.93. The first-order valence-electron chi connectivity index (χ1n) is 8.40. The molecule has 3 rings (SSSR count). The summed E-state index contributed by atoms with van der Waals surface area (Å²) in [7, 11) is 1.42. The lowest BCUT2D eigenvalue weighted by Gasteiger charge is -2.13. The van der Waals surface area contributed by atoms with Gasteiger partial charge in [0.25, 0.3) is 11.5 Å². The van der Waals surface area contributed by atoms with Crippen LogP contribution in [0.15, 0.2) is 35.3 Å². The minimum atomic E-state index is -0.637. The van der Waals surface area contributed by atoms with Crippen LogP contribution in [0.4, 0.5) is 10.1 Å². The highest BCUT2D eigenvalue weighted by Crippen LogP contribution is 2.32. The third-order valence-corrected chi connectivity index (χ3v) is 4.18. The molecule has 7 nitrogen and oxygen atoms in total. The SMILES string of the molecule is CCCNC(=O)c1c(N)c2cccc(-c3cc(OC)ncc3F)c2[nH]c1=O. The van der Waals surface area contributed by atoms with Crippen LogP contribution in [-0.4, -0.2) is 29.5 Å². The lowest BCUT2D eigenvalue weighted by atomic mass is 10.00. The Bertz CT molecular complexity index is 1080. The second kappa shape index (κ2) is 7.45. The number of para-hydroxylation sites is 1. The quantitative estimate of drug-likeness (QED) is 0.639. The van der Waals surface area contributed by atoms with E-state index in [2.05, 4.69) is 15.3 Å². The molecule has 8 heteroatoms. The molecule has 0 aliphatic heterocycles. The van der Waals surface area contributed by atoms with E-state index in [9.17, 15) is 14.0 Å². The maximum Gasteiger partial charge on any atom is 0.263 e. The monoisotopic (exact) mass is 370 g/mol. The van der Waals surface area contributed by atoms with Gasteiger partial charge in [0, 0.05) is 29.1 Å². The zero-order chi connectivity index (χ0) is 19.6. The van der Waals surface area contributed by atoms with E-state index in [-0.39, 0.29) is 22.7 Å². The van der Waals surface area contributed by atoms with Crippen LogP contribution in [0.5, 0.6) is 5.88 Å². The van der Waals surface area contributed by atoms with Crippen LogP contribution in [0.25, 0.3) is 22.0 Å². The van der Waals surface area contributed by atoms with Gasteiger partial charge in [0.2, 0.25) is 5.88 Å². The van der Waals surface area contributed by atoms with Gasteiger partial charge in [-0.1, -0.05) is 25.1 Å². The van der Waals surface area contributed by atoms with Crippen LogP contribution < -0.4 is 21.3 Å². The van der Waals surface area contributed by atoms with E-state index in [1.165, 1.54) is 13.2 Å². The molecule has 0 aliphatic carbocycles. The number of amides is 1. The van der Waals surface area contributed by atoms with Crippen LogP contribution in [0.3, 0.4) is 0 Å². The minimum Gasteiger partial charge on any atom is -0.481 e. The molecule has 2 heterocycles. The molecule has 0 saturated carbocycles. The Labute approximate surface area is 154 Å². The van der Waals surface area contributed by atoms with E-state index < -0.39 is 17.3 Å². The number of nitrogens with one attached hydrogen (secondary N) is 2. The molecular formula is C19H19FN4O3. The van der Waals surface area contributed by atoms with Gasteiger partial charge in [0.05, 0.1) is 24.5 Å². The minimum absolute atomic E-state index is 0.0469. The fraction of sp³-hybridized carbons (Fsp3) is 0.211. The van der Waals surface area contributed by atoms with Gasteiger partial charge in [0.1, 0.15) is 11.4 Å². The smallest absolute Gasteiger partial charge is 0.263 e. The molecule has 140 valence electrons. The number of rotatable bonds is 5. The Morgan fingerprint density at radius 2 is 2.15 bits per heavy atom. The summed E-state index contributed by atoms with van der Waals surface area (Å²) in [5.41, 5.74) is 6.32. The van der Waals surface area contributed by atoms with Crippen LogP contribution >= 0.6 is 0 Å². The van der Waals surface area contributed by atoms with Gasteiger partial charge in [-0.15, -0.1) is 0 Å². The Morgan fingerprint density at radius 3 is 2.85 bits per heavy atom. The number of carbonyl (C=O) groups excluding carboxylic acids is 1. The van der Waals surface area contributed by atoms with Gasteiger partial charge in [-0.25, -0.2) is 9.37 Å². The molecule has 3 aromatic rings. The number of fused-ring (bicyclic) bond motifs is 1. The molecule has 0 atom stereocenters. The fourth-order valence-corrected chi connectivity index (χ4v) is 2.86. The highest BCUT2D eigenvalue weighted by atomic mass is 19.1. The first-order chi connectivity index (χ1) is 13.0. The number of nitrogens with two attached hydrogens (primary N) is 1. The van der Waals surface area contributed by atoms with E-state index in [1.807, 2.05) is 6.92 Å². The highest BCUT2D eigenvalue weighted by Gasteiger charge is 2.20. The predicted molar refractivity (Wildman–Crippen MR) is 101 cm³/mol. The molecular weight excluding hydrogens is 351 g/mol. The van der Waals surface area contributed by atoms with Crippen molar-refractivity contribution >= 4 is 22.5 Å². The lowest BCUT2D eigenvalue weighted by molar-refractivity contribution is 0.0953. The summed E-state index contributed by atoms with van der Waals surface area (Å²) in [6, 6.07) is 6.41. The molecule has 0 unspecified atom stereocenters. The van der Waals surface area contributed by atoms with Gasteiger partial charge in [-0.2, -0.15) is 0 Å². The maximum absolute atomic E-state index is 14.4. The number of nitrogens with zero attached hydrogens (tertiary/aromatic N) is 1. The molecule has 0 aliphatic rings. The van der Waals surface area contributed by atoms with Crippen molar-refractivity contribution in [1.82, 2.24) is 15.3 Å². The topological polar surface area (TPSA) is 110 Å². The van der Waals surface area contributed by atoms with E-state index in [1.54, 1.807) is 18.2 Å². The number of benzene rings is 1. The highest BCUT2D eigenvalue weighted by molar-refractivity contribution is 6.08. The Balaban J connectivity index is 2.24. The van der Waals surface area contributed by atoms with Crippen molar-refractivity contribution in [3.8, 4) is 17.0 Å². The van der Waals surface area contributed by atoms with Crippen molar-refractivity contribution in [1.29, 1.82) is 0 Å². The normalized spacial score (nSPS) is 10.8. The van der Waals surface area contributed by atoms with Crippen LogP contribution in [0.1, 0.15) is 23.7 Å². The van der Waals surface area contributed by atoms with Gasteiger partial charge in [-0.05, 0) is 6.42 Å². The molecule has 0 radical (unpaired) electrons. The van der Waals surface area contributed by atoms with Crippen molar-refractivity contribution in [2.24, 2.45) is 0 Å². The third-order valence-electron chi connectivity index (χ3n) is 4.18. The number of methoxy groups -OCH3 is 1. The van der Waals surface area contributed by atoms with Gasteiger partial charge < -0.3 is 20.8 Å². The molecule has 0 spiro atoms. The summed E-state index contributed by atoms with van der Waals surface area (Å²) >= 11 is 0. The van der Waals surface area contributed by atoms with E-state index in [4.69, 9.17) is 10.5 Å². The van der Waals surface area contributed by atoms with Crippen LogP contribution in [-0.2, 0) is 0 Å². The molecule has 0 saturated heterocycles. The van der Waals surface area contributed by atoms with E-state index in [0.29, 0.717) is 23.0 Å². The summed E-state index contributed by atoms with van der Waals surface area (Å²) in [5, 5.41) is 3.09. The number of hydrogen-bond acceptors (Lipinski definition) is 5. The number of ether oxygens (including phenoxy) is 1. The van der Waals surface area contributed by atoms with Crippen molar-refractivity contribution in [3.63, 3.8) is 0 Å². The summed E-state index contributed by atoms with van der Waals surface area (Å²) in [5.74, 6) is -0.888. The molecule has 1 aromatic carbocycles. The Morgan fingerprint density at radius 1 is 1.37 bits per heavy atom.